The highest BCUT2D eigenvalue weighted by Gasteiger charge is 2.14. The molecule has 6 nitrogen and oxygen atoms in total. The molecule has 0 unspecified atom stereocenters. The van der Waals surface area contributed by atoms with Crippen molar-refractivity contribution in [2.24, 2.45) is 0 Å². The first kappa shape index (κ1) is 16.7. The van der Waals surface area contributed by atoms with Gasteiger partial charge in [-0.05, 0) is 18.6 Å². The van der Waals surface area contributed by atoms with E-state index in [2.05, 4.69) is 15.6 Å². The number of halogens is 2. The topological polar surface area (TPSA) is 62.2 Å². The minimum Gasteiger partial charge on any atom is -0.373 e. The Bertz CT molecular complexity index is 635. The van der Waals surface area contributed by atoms with Crippen LogP contribution in [0.1, 0.15) is 6.42 Å². The van der Waals surface area contributed by atoms with Gasteiger partial charge in [0.2, 0.25) is 0 Å². The van der Waals surface area contributed by atoms with Crippen LogP contribution >= 0.6 is 0 Å². The average Bonchev–Trinajstić information content (AvgIpc) is 2.95. The van der Waals surface area contributed by atoms with Gasteiger partial charge in [0.15, 0.2) is 11.6 Å². The Morgan fingerprint density at radius 1 is 1.30 bits per heavy atom. The van der Waals surface area contributed by atoms with Gasteiger partial charge in [0.25, 0.3) is 0 Å². The van der Waals surface area contributed by atoms with Crippen molar-refractivity contribution in [2.45, 2.75) is 13.0 Å². The number of aryl methyl sites for hydroxylation is 1. The molecule has 0 atom stereocenters. The molecule has 0 aliphatic carbocycles. The Morgan fingerprint density at radius 2 is 2.00 bits per heavy atom. The summed E-state index contributed by atoms with van der Waals surface area (Å²) < 4.78 is 29.5. The van der Waals surface area contributed by atoms with Crippen LogP contribution < -0.4 is 15.5 Å². The lowest BCUT2D eigenvalue weighted by Crippen LogP contribution is -2.30. The van der Waals surface area contributed by atoms with E-state index >= 15 is 0 Å². The number of nitrogens with one attached hydrogen (secondary N) is 2. The number of anilines is 2. The summed E-state index contributed by atoms with van der Waals surface area (Å²) in [6, 6.07) is 1.67. The van der Waals surface area contributed by atoms with Crippen LogP contribution in [0.4, 0.5) is 25.0 Å². The quantitative estimate of drug-likeness (QED) is 0.803. The Balaban J connectivity index is 1.83. The molecule has 0 spiro atoms. The van der Waals surface area contributed by atoms with E-state index in [9.17, 15) is 13.6 Å². The normalized spacial score (nSPS) is 10.4. The van der Waals surface area contributed by atoms with Crippen molar-refractivity contribution in [3.8, 4) is 0 Å². The summed E-state index contributed by atoms with van der Waals surface area (Å²) in [5, 5.41) is 5.05. The number of imidazole rings is 1. The number of rotatable bonds is 6. The van der Waals surface area contributed by atoms with Crippen molar-refractivity contribution < 1.29 is 13.6 Å². The number of urea groups is 1. The average molecular weight is 323 g/mol. The first-order chi connectivity index (χ1) is 11.0. The molecule has 0 aliphatic rings. The molecule has 2 aromatic rings. The molecule has 2 rings (SSSR count). The van der Waals surface area contributed by atoms with Gasteiger partial charge in [0.1, 0.15) is 5.69 Å². The predicted molar refractivity (Wildman–Crippen MR) is 84.6 cm³/mol. The number of hydrogen-bond donors (Lipinski definition) is 2. The summed E-state index contributed by atoms with van der Waals surface area (Å²) in [6.07, 6.45) is 5.92. The van der Waals surface area contributed by atoms with Gasteiger partial charge in [-0.15, -0.1) is 0 Å². The maximum absolute atomic E-state index is 13.8. The molecule has 1 aromatic carbocycles. The third kappa shape index (κ3) is 4.67. The van der Waals surface area contributed by atoms with Gasteiger partial charge in [-0.2, -0.15) is 0 Å². The highest BCUT2D eigenvalue weighted by atomic mass is 19.1. The van der Waals surface area contributed by atoms with Crippen molar-refractivity contribution in [2.75, 3.05) is 30.9 Å². The first-order valence-corrected chi connectivity index (χ1v) is 7.14. The van der Waals surface area contributed by atoms with Gasteiger partial charge in [0.05, 0.1) is 6.33 Å². The van der Waals surface area contributed by atoms with Crippen molar-refractivity contribution in [3.05, 3.63) is 42.5 Å². The molecule has 0 radical (unpaired) electrons. The molecular weight excluding hydrogens is 304 g/mol. The number of carbonyl (C=O) groups excluding carboxylic acids is 1. The van der Waals surface area contributed by atoms with Crippen molar-refractivity contribution >= 4 is 17.4 Å². The highest BCUT2D eigenvalue weighted by Crippen LogP contribution is 2.25. The molecule has 2 amide bonds. The second-order valence-electron chi connectivity index (χ2n) is 5.22. The molecule has 124 valence electrons. The fourth-order valence-electron chi connectivity index (χ4n) is 2.12. The van der Waals surface area contributed by atoms with Gasteiger partial charge in [-0.25, -0.2) is 18.6 Å². The fourth-order valence-corrected chi connectivity index (χ4v) is 2.12. The Hall–Kier alpha value is -2.64. The second-order valence-corrected chi connectivity index (χ2v) is 5.22. The summed E-state index contributed by atoms with van der Waals surface area (Å²) in [7, 11) is 3.09. The molecule has 0 aliphatic heterocycles. The second kappa shape index (κ2) is 7.57. The molecule has 0 bridgehead atoms. The molecule has 0 saturated carbocycles. The van der Waals surface area contributed by atoms with Gasteiger partial charge in [0, 0.05) is 45.3 Å². The molecule has 2 N–H and O–H groups in total. The van der Waals surface area contributed by atoms with E-state index < -0.39 is 17.7 Å². The van der Waals surface area contributed by atoms with E-state index in [-0.39, 0.29) is 11.4 Å². The smallest absolute Gasteiger partial charge is 0.319 e. The lowest BCUT2D eigenvalue weighted by atomic mass is 10.2. The van der Waals surface area contributed by atoms with Crippen LogP contribution in [0, 0.1) is 11.6 Å². The molecule has 1 heterocycles. The van der Waals surface area contributed by atoms with E-state index in [0.717, 1.165) is 18.7 Å². The van der Waals surface area contributed by atoms with Crippen LogP contribution in [0.5, 0.6) is 0 Å². The minimum absolute atomic E-state index is 0.0673. The molecule has 0 saturated heterocycles. The largest absolute Gasteiger partial charge is 0.373 e. The highest BCUT2D eigenvalue weighted by molar-refractivity contribution is 5.89. The van der Waals surface area contributed by atoms with Gasteiger partial charge < -0.3 is 20.1 Å². The summed E-state index contributed by atoms with van der Waals surface area (Å²) >= 11 is 0. The third-order valence-corrected chi connectivity index (χ3v) is 3.16. The summed E-state index contributed by atoms with van der Waals surface area (Å²) in [4.78, 5) is 17.0. The van der Waals surface area contributed by atoms with Crippen molar-refractivity contribution in [3.63, 3.8) is 0 Å². The zero-order chi connectivity index (χ0) is 16.8. The summed E-state index contributed by atoms with van der Waals surface area (Å²) in [5.41, 5.74) is -0.0750. The van der Waals surface area contributed by atoms with Crippen LogP contribution in [0.2, 0.25) is 0 Å². The molecule has 23 heavy (non-hydrogen) atoms. The van der Waals surface area contributed by atoms with E-state index in [4.69, 9.17) is 0 Å². The van der Waals surface area contributed by atoms with Gasteiger partial charge >= 0.3 is 6.03 Å². The SMILES string of the molecule is CN(C)c1c(F)cc(NC(=O)NCCCn2ccnc2)cc1F. The summed E-state index contributed by atoms with van der Waals surface area (Å²) in [5.74, 6) is -1.46. The van der Waals surface area contributed by atoms with Crippen LogP contribution in [-0.4, -0.2) is 36.2 Å². The molecule has 1 aromatic heterocycles. The van der Waals surface area contributed by atoms with E-state index in [1.54, 1.807) is 26.6 Å². The lowest BCUT2D eigenvalue weighted by molar-refractivity contribution is 0.252. The number of carbonyl (C=O) groups is 1. The van der Waals surface area contributed by atoms with Crippen LogP contribution in [0.3, 0.4) is 0 Å². The number of aromatic nitrogens is 2. The standard InChI is InChI=1S/C15H19F2N5O/c1-21(2)14-12(16)8-11(9-13(14)17)20-15(23)19-4-3-6-22-7-5-18-10-22/h5,7-10H,3-4,6H2,1-2H3,(H2,19,20,23). The molecule has 0 fully saturated rings. The van der Waals surface area contributed by atoms with E-state index in [0.29, 0.717) is 13.0 Å². The fraction of sp³-hybridized carbons (Fsp3) is 0.333. The molecule has 8 heteroatoms. The first-order valence-electron chi connectivity index (χ1n) is 7.14. The van der Waals surface area contributed by atoms with Gasteiger partial charge in [-0.3, -0.25) is 0 Å². The Kier molecular flexibility index (Phi) is 5.51. The monoisotopic (exact) mass is 323 g/mol. The van der Waals surface area contributed by atoms with Gasteiger partial charge in [-0.1, -0.05) is 0 Å². The predicted octanol–water partition coefficient (Wildman–Crippen LogP) is 2.44. The van der Waals surface area contributed by atoms with Crippen LogP contribution in [-0.2, 0) is 6.54 Å². The maximum Gasteiger partial charge on any atom is 0.319 e. The van der Waals surface area contributed by atoms with Crippen molar-refractivity contribution in [1.82, 2.24) is 14.9 Å². The maximum atomic E-state index is 13.8. The van der Waals surface area contributed by atoms with E-state index in [1.807, 2.05) is 10.8 Å². The van der Waals surface area contributed by atoms with Crippen molar-refractivity contribution in [1.29, 1.82) is 0 Å². The van der Waals surface area contributed by atoms with Crippen LogP contribution in [0.25, 0.3) is 0 Å². The third-order valence-electron chi connectivity index (χ3n) is 3.16. The van der Waals surface area contributed by atoms with Crippen LogP contribution in [0.15, 0.2) is 30.9 Å². The number of benzene rings is 1. The lowest BCUT2D eigenvalue weighted by Gasteiger charge is -2.16. The summed E-state index contributed by atoms with van der Waals surface area (Å²) in [6.45, 7) is 1.16. The zero-order valence-corrected chi connectivity index (χ0v) is 13.0. The number of nitrogens with zero attached hydrogens (tertiary/aromatic N) is 3. The Morgan fingerprint density at radius 3 is 2.57 bits per heavy atom. The number of amides is 2. The number of hydrogen-bond acceptors (Lipinski definition) is 3. The minimum atomic E-state index is -0.731. The Labute approximate surface area is 133 Å². The molecular formula is C15H19F2N5O. The zero-order valence-electron chi connectivity index (χ0n) is 13.0. The van der Waals surface area contributed by atoms with E-state index in [1.165, 1.54) is 4.90 Å².